The van der Waals surface area contributed by atoms with Gasteiger partial charge in [0.15, 0.2) is 17.8 Å². The van der Waals surface area contributed by atoms with Crippen molar-refractivity contribution in [1.82, 2.24) is 5.32 Å². The van der Waals surface area contributed by atoms with Crippen molar-refractivity contribution >= 4 is 42.2 Å². The number of benzene rings is 3. The van der Waals surface area contributed by atoms with Crippen LogP contribution in [0.1, 0.15) is 29.7 Å². The van der Waals surface area contributed by atoms with Crippen molar-refractivity contribution in [2.24, 2.45) is 4.99 Å². The van der Waals surface area contributed by atoms with E-state index < -0.39 is 6.10 Å². The molecule has 0 saturated heterocycles. The third kappa shape index (κ3) is 9.54. The van der Waals surface area contributed by atoms with Crippen LogP contribution in [-0.4, -0.2) is 45.9 Å². The Morgan fingerprint density at radius 3 is 2.24 bits per heavy atom. The van der Waals surface area contributed by atoms with E-state index in [-0.39, 0.29) is 0 Å². The largest absolute Gasteiger partial charge is 0.493 e. The van der Waals surface area contributed by atoms with E-state index in [1.165, 1.54) is 4.90 Å². The normalized spacial score (nSPS) is 10.9. The van der Waals surface area contributed by atoms with Gasteiger partial charge in [0.2, 0.25) is 0 Å². The number of rotatable bonds is 13. The van der Waals surface area contributed by atoms with E-state index in [1.54, 1.807) is 49.9 Å². The standard InChI is InChI=1S/C18H17NO2S.C11H16N2O2S/c1-2-22-17-9-7-16(8-10-17)18(12-20)21-13-15-5-3-14(11-19)4-6-15;1-12-7-16-11-6-10(15-4)9(14-3)5-8(11)13-2/h3-10,12,18H,2,13H2,1H3;5-6,12H,2,7H2,1,3-4H3. The number of hydrogen-bond acceptors (Lipinski definition) is 9. The van der Waals surface area contributed by atoms with Crippen LogP contribution in [-0.2, 0) is 16.1 Å². The molecule has 0 spiro atoms. The Hall–Kier alpha value is -3.29. The highest BCUT2D eigenvalue weighted by atomic mass is 32.2. The van der Waals surface area contributed by atoms with E-state index in [4.69, 9.17) is 19.5 Å². The molecule has 0 fully saturated rings. The van der Waals surface area contributed by atoms with E-state index in [1.807, 2.05) is 55.6 Å². The first-order valence-corrected chi connectivity index (χ1v) is 13.8. The van der Waals surface area contributed by atoms with Crippen LogP contribution in [0.25, 0.3) is 0 Å². The van der Waals surface area contributed by atoms with Crippen molar-refractivity contribution in [1.29, 1.82) is 5.26 Å². The van der Waals surface area contributed by atoms with Crippen molar-refractivity contribution in [3.8, 4) is 17.6 Å². The zero-order valence-corrected chi connectivity index (χ0v) is 23.7. The quantitative estimate of drug-likeness (QED) is 0.112. The molecule has 0 heterocycles. The highest BCUT2D eigenvalue weighted by molar-refractivity contribution is 7.99. The van der Waals surface area contributed by atoms with E-state index in [0.29, 0.717) is 23.7 Å². The summed E-state index contributed by atoms with van der Waals surface area (Å²) in [6, 6.07) is 20.8. The predicted molar refractivity (Wildman–Crippen MR) is 156 cm³/mol. The Morgan fingerprint density at radius 1 is 1.05 bits per heavy atom. The number of nitrogens with one attached hydrogen (secondary N) is 1. The topological polar surface area (TPSA) is 92.9 Å². The van der Waals surface area contributed by atoms with Crippen LogP contribution in [0.2, 0.25) is 0 Å². The lowest BCUT2D eigenvalue weighted by Gasteiger charge is -2.13. The second-order valence-corrected chi connectivity index (χ2v) is 10.0. The third-order valence-electron chi connectivity index (χ3n) is 5.16. The fourth-order valence-corrected chi connectivity index (χ4v) is 4.66. The van der Waals surface area contributed by atoms with Gasteiger partial charge in [-0.3, -0.25) is 4.99 Å². The average Bonchev–Trinajstić information content (AvgIpc) is 2.97. The van der Waals surface area contributed by atoms with Gasteiger partial charge in [-0.05, 0) is 61.0 Å². The average molecular weight is 552 g/mol. The van der Waals surface area contributed by atoms with E-state index in [2.05, 4.69) is 30.0 Å². The van der Waals surface area contributed by atoms with E-state index >= 15 is 0 Å². The van der Waals surface area contributed by atoms with Gasteiger partial charge in [0.1, 0.15) is 6.10 Å². The van der Waals surface area contributed by atoms with Crippen LogP contribution in [0.5, 0.6) is 11.5 Å². The summed E-state index contributed by atoms with van der Waals surface area (Å²) in [5, 5.41) is 11.8. The molecule has 1 atom stereocenters. The molecular weight excluding hydrogens is 518 g/mol. The molecule has 1 unspecified atom stereocenters. The molecule has 0 aromatic heterocycles. The van der Waals surface area contributed by atoms with Crippen molar-refractivity contribution in [3.63, 3.8) is 0 Å². The summed E-state index contributed by atoms with van der Waals surface area (Å²) in [6.07, 6.45) is 0.238. The second-order valence-electron chi connectivity index (χ2n) is 7.65. The van der Waals surface area contributed by atoms with Crippen LogP contribution in [0.3, 0.4) is 0 Å². The third-order valence-corrected chi connectivity index (χ3v) is 7.13. The summed E-state index contributed by atoms with van der Waals surface area (Å²) in [5.74, 6) is 3.19. The number of aldehydes is 1. The van der Waals surface area contributed by atoms with Crippen LogP contribution in [0.15, 0.2) is 75.4 Å². The van der Waals surface area contributed by atoms with Crippen LogP contribution in [0, 0.1) is 11.3 Å². The molecule has 0 aliphatic carbocycles. The smallest absolute Gasteiger partial charge is 0.162 e. The number of carbonyl (C=O) groups excluding carboxylic acids is 1. The fourth-order valence-electron chi connectivity index (χ4n) is 3.23. The summed E-state index contributed by atoms with van der Waals surface area (Å²) >= 11 is 3.40. The van der Waals surface area contributed by atoms with Gasteiger partial charge in [0.05, 0.1) is 38.1 Å². The lowest BCUT2D eigenvalue weighted by atomic mass is 10.1. The SMILES string of the molecule is C=Nc1cc(OC)c(OC)cc1SCNC.CCSc1ccc(C(C=O)OCc2ccc(C#N)cc2)cc1. The molecule has 0 bridgehead atoms. The summed E-state index contributed by atoms with van der Waals surface area (Å²) in [5.41, 5.74) is 3.20. The summed E-state index contributed by atoms with van der Waals surface area (Å²) in [7, 11) is 5.12. The molecule has 1 N–H and O–H groups in total. The Morgan fingerprint density at radius 2 is 1.71 bits per heavy atom. The van der Waals surface area contributed by atoms with Crippen LogP contribution < -0.4 is 14.8 Å². The van der Waals surface area contributed by atoms with Crippen molar-refractivity contribution in [2.45, 2.75) is 29.4 Å². The molecular formula is C29H33N3O4S2. The van der Waals surface area contributed by atoms with Gasteiger partial charge in [0.25, 0.3) is 0 Å². The monoisotopic (exact) mass is 551 g/mol. The maximum atomic E-state index is 11.3. The molecule has 0 aliphatic rings. The van der Waals surface area contributed by atoms with Crippen molar-refractivity contribution < 1.29 is 19.0 Å². The number of nitrogens with zero attached hydrogens (tertiary/aromatic N) is 2. The zero-order valence-electron chi connectivity index (χ0n) is 22.1. The number of aliphatic imine (C=N–C) groups is 1. The molecule has 7 nitrogen and oxygen atoms in total. The first-order valence-electron chi connectivity index (χ1n) is 11.8. The minimum atomic E-state index is -0.573. The Bertz CT molecular complexity index is 1200. The molecule has 9 heteroatoms. The van der Waals surface area contributed by atoms with Gasteiger partial charge in [0, 0.05) is 21.7 Å². The highest BCUT2D eigenvalue weighted by Crippen LogP contribution is 2.39. The Labute approximate surface area is 233 Å². The number of thioether (sulfide) groups is 2. The van der Waals surface area contributed by atoms with E-state index in [9.17, 15) is 4.79 Å². The van der Waals surface area contributed by atoms with Crippen molar-refractivity contribution in [2.75, 3.05) is 32.9 Å². The molecule has 3 rings (SSSR count). The van der Waals surface area contributed by atoms with Crippen molar-refractivity contribution in [3.05, 3.63) is 77.4 Å². The summed E-state index contributed by atoms with van der Waals surface area (Å²) in [6.45, 7) is 5.99. The van der Waals surface area contributed by atoms with Gasteiger partial charge >= 0.3 is 0 Å². The summed E-state index contributed by atoms with van der Waals surface area (Å²) < 4.78 is 16.1. The van der Waals surface area contributed by atoms with Gasteiger partial charge < -0.3 is 24.3 Å². The highest BCUT2D eigenvalue weighted by Gasteiger charge is 2.12. The molecule has 38 heavy (non-hydrogen) atoms. The molecule has 3 aromatic carbocycles. The predicted octanol–water partition coefficient (Wildman–Crippen LogP) is 6.43. The van der Waals surface area contributed by atoms with Gasteiger partial charge in [-0.1, -0.05) is 31.2 Å². The lowest BCUT2D eigenvalue weighted by Crippen LogP contribution is -2.06. The minimum Gasteiger partial charge on any atom is -0.493 e. The Kier molecular flexibility index (Phi) is 14.1. The van der Waals surface area contributed by atoms with Crippen LogP contribution >= 0.6 is 23.5 Å². The summed E-state index contributed by atoms with van der Waals surface area (Å²) in [4.78, 5) is 17.4. The Balaban J connectivity index is 0.000000281. The van der Waals surface area contributed by atoms with Gasteiger partial charge in [-0.15, -0.1) is 23.5 Å². The minimum absolute atomic E-state index is 0.334. The first kappa shape index (κ1) is 30.9. The maximum absolute atomic E-state index is 11.3. The fraction of sp³-hybridized carbons (Fsp3) is 0.276. The molecule has 3 aromatic rings. The lowest BCUT2D eigenvalue weighted by molar-refractivity contribution is -0.119. The van der Waals surface area contributed by atoms with Gasteiger partial charge in [-0.25, -0.2) is 0 Å². The second kappa shape index (κ2) is 17.3. The number of hydrogen-bond donors (Lipinski definition) is 1. The maximum Gasteiger partial charge on any atom is 0.162 e. The molecule has 0 radical (unpaired) electrons. The number of ether oxygens (including phenoxy) is 3. The molecule has 0 amide bonds. The van der Waals surface area contributed by atoms with Crippen LogP contribution in [0.4, 0.5) is 5.69 Å². The van der Waals surface area contributed by atoms with E-state index in [0.717, 1.165) is 39.6 Å². The zero-order chi connectivity index (χ0) is 27.8. The number of nitriles is 1. The molecule has 0 aliphatic heterocycles. The van der Waals surface area contributed by atoms with Gasteiger partial charge in [-0.2, -0.15) is 5.26 Å². The number of carbonyl (C=O) groups is 1. The molecule has 200 valence electrons. The molecule has 0 saturated carbocycles. The first-order chi connectivity index (χ1) is 18.5. The number of methoxy groups -OCH3 is 2.